The number of hydrogen-bond donors (Lipinski definition) is 1. The number of benzene rings is 1. The summed E-state index contributed by atoms with van der Waals surface area (Å²) in [6.45, 7) is 1.94. The molecule has 3 heterocycles. The molecular weight excluding hydrogens is 476 g/mol. The number of rotatable bonds is 8. The van der Waals surface area contributed by atoms with Crippen LogP contribution in [0.2, 0.25) is 0 Å². The van der Waals surface area contributed by atoms with Gasteiger partial charge in [-0.05, 0) is 24.1 Å². The van der Waals surface area contributed by atoms with E-state index in [1.165, 1.54) is 32.4 Å². The minimum absolute atomic E-state index is 0.0602. The third-order valence-electron chi connectivity index (χ3n) is 4.98. The summed E-state index contributed by atoms with van der Waals surface area (Å²) in [7, 11) is -2.95. The molecule has 0 bridgehead atoms. The summed E-state index contributed by atoms with van der Waals surface area (Å²) >= 11 is 0. The summed E-state index contributed by atoms with van der Waals surface area (Å²) in [6, 6.07) is 4.91. The molecule has 4 rings (SSSR count). The van der Waals surface area contributed by atoms with Crippen LogP contribution in [0.4, 0.5) is 13.2 Å². The van der Waals surface area contributed by atoms with E-state index in [4.69, 9.17) is 9.42 Å². The predicted octanol–water partition coefficient (Wildman–Crippen LogP) is 3.56. The summed E-state index contributed by atoms with van der Waals surface area (Å²) < 4.78 is 59.1. The number of imidazole rings is 1. The fourth-order valence-corrected chi connectivity index (χ4v) is 3.72. The van der Waals surface area contributed by atoms with Crippen LogP contribution in [0, 0.1) is 0 Å². The van der Waals surface area contributed by atoms with E-state index in [9.17, 15) is 22.5 Å². The van der Waals surface area contributed by atoms with E-state index in [1.807, 2.05) is 6.92 Å². The molecular formula is C20H19F3N6O4P+. The zero-order chi connectivity index (χ0) is 24.5. The minimum atomic E-state index is -4.46. The van der Waals surface area contributed by atoms with E-state index in [-0.39, 0.29) is 23.5 Å². The highest BCUT2D eigenvalue weighted by Gasteiger charge is 2.30. The van der Waals surface area contributed by atoms with Gasteiger partial charge in [0.05, 0.1) is 23.9 Å². The SMILES string of the molecule is CCCn1cnc2nc(-c3cnn(Cc4cccc(C(F)(F)F)c4)c3)n(CO[P+](=O)O)c2c1=O. The monoisotopic (exact) mass is 495 g/mol. The van der Waals surface area contributed by atoms with Crippen molar-refractivity contribution in [3.8, 4) is 11.4 Å². The number of halogens is 3. The second-order valence-corrected chi connectivity index (χ2v) is 8.13. The molecule has 1 aromatic carbocycles. The Morgan fingerprint density at radius 2 is 2.06 bits per heavy atom. The maximum Gasteiger partial charge on any atom is 0.696 e. The van der Waals surface area contributed by atoms with Crippen molar-refractivity contribution in [2.45, 2.75) is 39.3 Å². The van der Waals surface area contributed by atoms with Gasteiger partial charge in [0, 0.05) is 17.3 Å². The average molecular weight is 495 g/mol. The van der Waals surface area contributed by atoms with E-state index < -0.39 is 32.3 Å². The third kappa shape index (κ3) is 4.91. The van der Waals surface area contributed by atoms with Crippen LogP contribution in [0.5, 0.6) is 0 Å². The predicted molar refractivity (Wildman–Crippen MR) is 115 cm³/mol. The van der Waals surface area contributed by atoms with Crippen molar-refractivity contribution in [3.05, 3.63) is 64.5 Å². The van der Waals surface area contributed by atoms with Crippen molar-refractivity contribution >= 4 is 19.4 Å². The Morgan fingerprint density at radius 3 is 2.76 bits per heavy atom. The van der Waals surface area contributed by atoms with E-state index in [1.54, 1.807) is 12.3 Å². The van der Waals surface area contributed by atoms with Crippen LogP contribution >= 0.6 is 8.25 Å². The topological polar surface area (TPSA) is 117 Å². The third-order valence-corrected chi connectivity index (χ3v) is 5.32. The lowest BCUT2D eigenvalue weighted by molar-refractivity contribution is -0.137. The molecule has 1 unspecified atom stereocenters. The molecule has 0 saturated heterocycles. The van der Waals surface area contributed by atoms with Crippen LogP contribution in [0.1, 0.15) is 24.5 Å². The molecule has 0 spiro atoms. The number of fused-ring (bicyclic) bond motifs is 1. The first-order valence-electron chi connectivity index (χ1n) is 10.1. The van der Waals surface area contributed by atoms with Crippen LogP contribution in [0.15, 0.2) is 47.8 Å². The van der Waals surface area contributed by atoms with E-state index in [2.05, 4.69) is 15.1 Å². The van der Waals surface area contributed by atoms with Gasteiger partial charge in [0.25, 0.3) is 5.56 Å². The molecule has 0 aliphatic carbocycles. The van der Waals surface area contributed by atoms with Crippen LogP contribution in [0.25, 0.3) is 22.6 Å². The Hall–Kier alpha value is -3.41. The quantitative estimate of drug-likeness (QED) is 0.372. The van der Waals surface area contributed by atoms with Gasteiger partial charge in [-0.3, -0.25) is 18.6 Å². The molecule has 1 atom stereocenters. The van der Waals surface area contributed by atoms with E-state index >= 15 is 0 Å². The Balaban J connectivity index is 1.73. The van der Waals surface area contributed by atoms with Gasteiger partial charge in [0.2, 0.25) is 0 Å². The van der Waals surface area contributed by atoms with Crippen LogP contribution in [-0.2, 0) is 35.1 Å². The van der Waals surface area contributed by atoms with Crippen molar-refractivity contribution in [3.63, 3.8) is 0 Å². The number of alkyl halides is 3. The molecule has 0 aliphatic heterocycles. The molecule has 0 fully saturated rings. The first kappa shape index (κ1) is 23.7. The lowest BCUT2D eigenvalue weighted by Crippen LogP contribution is -2.22. The normalized spacial score (nSPS) is 12.4. The first-order chi connectivity index (χ1) is 16.2. The molecule has 3 aromatic heterocycles. The van der Waals surface area contributed by atoms with E-state index in [0.717, 1.165) is 12.1 Å². The number of nitrogens with zero attached hydrogens (tertiary/aromatic N) is 6. The van der Waals surface area contributed by atoms with E-state index in [0.29, 0.717) is 24.1 Å². The van der Waals surface area contributed by atoms with Gasteiger partial charge in [-0.2, -0.15) is 18.3 Å². The van der Waals surface area contributed by atoms with Gasteiger partial charge in [-0.1, -0.05) is 23.6 Å². The Morgan fingerprint density at radius 1 is 1.26 bits per heavy atom. The number of aromatic nitrogens is 6. The maximum atomic E-state index is 13.0. The maximum absolute atomic E-state index is 13.0. The highest BCUT2D eigenvalue weighted by molar-refractivity contribution is 7.32. The smallest absolute Gasteiger partial charge is 0.297 e. The standard InChI is InChI=1S/C20H18F3N6O4P/c1-2-6-27-11-24-17-16(19(27)30)29(12-33-34(31)32)18(26-17)14-8-25-28(10-14)9-13-4-3-5-15(7-13)20(21,22)23/h3-5,7-8,10-11H,2,6,9,12H2,1H3/p+1. The number of aryl methyl sites for hydroxylation is 1. The molecule has 178 valence electrons. The van der Waals surface area contributed by atoms with Crippen LogP contribution in [-0.4, -0.2) is 33.8 Å². The second kappa shape index (κ2) is 9.45. The fourth-order valence-electron chi connectivity index (χ4n) is 3.51. The summed E-state index contributed by atoms with van der Waals surface area (Å²) in [4.78, 5) is 30.6. The largest absolute Gasteiger partial charge is 0.696 e. The molecule has 4 aromatic rings. The summed E-state index contributed by atoms with van der Waals surface area (Å²) in [5.74, 6) is 0.209. The highest BCUT2D eigenvalue weighted by Crippen LogP contribution is 2.30. The summed E-state index contributed by atoms with van der Waals surface area (Å²) in [5.41, 5.74) is -0.128. The first-order valence-corrected chi connectivity index (χ1v) is 11.2. The molecule has 0 saturated carbocycles. The summed E-state index contributed by atoms with van der Waals surface area (Å²) in [5, 5.41) is 4.19. The van der Waals surface area contributed by atoms with Gasteiger partial charge in [0.15, 0.2) is 17.9 Å². The minimum Gasteiger partial charge on any atom is -0.297 e. The average Bonchev–Trinajstić information content (AvgIpc) is 3.38. The van der Waals surface area contributed by atoms with Gasteiger partial charge in [-0.15, -0.1) is 4.89 Å². The van der Waals surface area contributed by atoms with Gasteiger partial charge < -0.3 is 0 Å². The fraction of sp³-hybridized carbons (Fsp3) is 0.300. The molecule has 0 aliphatic rings. The van der Waals surface area contributed by atoms with Crippen molar-refractivity contribution in [1.82, 2.24) is 28.9 Å². The van der Waals surface area contributed by atoms with Crippen molar-refractivity contribution in [2.75, 3.05) is 0 Å². The zero-order valence-electron chi connectivity index (χ0n) is 17.8. The van der Waals surface area contributed by atoms with Crippen molar-refractivity contribution < 1.29 is 27.2 Å². The highest BCUT2D eigenvalue weighted by atomic mass is 31.1. The Kier molecular flexibility index (Phi) is 6.60. The van der Waals surface area contributed by atoms with Gasteiger partial charge in [0.1, 0.15) is 12.2 Å². The molecule has 14 heteroatoms. The van der Waals surface area contributed by atoms with Crippen LogP contribution < -0.4 is 5.56 Å². The van der Waals surface area contributed by atoms with Gasteiger partial charge in [-0.25, -0.2) is 9.97 Å². The molecule has 34 heavy (non-hydrogen) atoms. The Labute approximate surface area is 191 Å². The second-order valence-electron chi connectivity index (χ2n) is 7.40. The lowest BCUT2D eigenvalue weighted by Gasteiger charge is -2.08. The van der Waals surface area contributed by atoms with Crippen molar-refractivity contribution in [2.24, 2.45) is 0 Å². The molecule has 0 amide bonds. The van der Waals surface area contributed by atoms with Crippen molar-refractivity contribution in [1.29, 1.82) is 0 Å². The van der Waals surface area contributed by atoms with Crippen LogP contribution in [0.3, 0.4) is 0 Å². The lowest BCUT2D eigenvalue weighted by atomic mass is 10.1. The molecule has 1 N–H and O–H groups in total. The zero-order valence-corrected chi connectivity index (χ0v) is 18.7. The summed E-state index contributed by atoms with van der Waals surface area (Å²) in [6.07, 6.45) is 0.576. The number of hydrogen-bond acceptors (Lipinski definition) is 6. The molecule has 0 radical (unpaired) electrons. The molecule has 10 nitrogen and oxygen atoms in total. The van der Waals surface area contributed by atoms with Gasteiger partial charge >= 0.3 is 14.4 Å². The Bertz CT molecular complexity index is 1410.